The van der Waals surface area contributed by atoms with Gasteiger partial charge in [-0.3, -0.25) is 0 Å². The number of nitrogens with one attached hydrogen (secondary N) is 2. The topological polar surface area (TPSA) is 61.4 Å². The normalized spacial score (nSPS) is 11.9. The van der Waals surface area contributed by atoms with Crippen molar-refractivity contribution >= 4 is 10.2 Å². The molecule has 0 saturated carbocycles. The molecule has 5 nitrogen and oxygen atoms in total. The summed E-state index contributed by atoms with van der Waals surface area (Å²) in [6.07, 6.45) is 0. The molecule has 0 spiro atoms. The van der Waals surface area contributed by atoms with Gasteiger partial charge < -0.3 is 5.32 Å². The van der Waals surface area contributed by atoms with E-state index in [-0.39, 0.29) is 0 Å². The quantitative estimate of drug-likeness (QED) is 0.685. The predicted molar refractivity (Wildman–Crippen MR) is 68.8 cm³/mol. The summed E-state index contributed by atoms with van der Waals surface area (Å²) in [5.74, 6) is 0. The second kappa shape index (κ2) is 6.70. The lowest BCUT2D eigenvalue weighted by atomic mass is 10.2. The van der Waals surface area contributed by atoms with E-state index >= 15 is 0 Å². The summed E-state index contributed by atoms with van der Waals surface area (Å²) in [7, 11) is -0.300. The number of rotatable bonds is 7. The lowest BCUT2D eigenvalue weighted by Crippen LogP contribution is -2.39. The first-order valence-electron chi connectivity index (χ1n) is 5.44. The minimum atomic E-state index is -3.30. The molecule has 0 amide bonds. The Balaban J connectivity index is 2.18. The van der Waals surface area contributed by atoms with E-state index in [1.165, 1.54) is 19.7 Å². The number of nitrogens with zero attached hydrogens (tertiary/aromatic N) is 1. The average Bonchev–Trinajstić information content (AvgIpc) is 2.29. The molecule has 96 valence electrons. The van der Waals surface area contributed by atoms with Gasteiger partial charge in [-0.1, -0.05) is 30.3 Å². The summed E-state index contributed by atoms with van der Waals surface area (Å²) in [4.78, 5) is 0. The fourth-order valence-electron chi connectivity index (χ4n) is 1.23. The molecule has 6 heteroatoms. The van der Waals surface area contributed by atoms with E-state index in [2.05, 4.69) is 10.0 Å². The van der Waals surface area contributed by atoms with Gasteiger partial charge in [-0.05, 0) is 5.56 Å². The highest BCUT2D eigenvalue weighted by atomic mass is 32.2. The van der Waals surface area contributed by atoms with Crippen molar-refractivity contribution in [2.24, 2.45) is 0 Å². The molecule has 0 aliphatic heterocycles. The molecule has 1 aromatic rings. The molecule has 17 heavy (non-hydrogen) atoms. The molecule has 0 atom stereocenters. The molecule has 0 bridgehead atoms. The summed E-state index contributed by atoms with van der Waals surface area (Å²) < 4.78 is 26.3. The highest BCUT2D eigenvalue weighted by molar-refractivity contribution is 7.87. The van der Waals surface area contributed by atoms with E-state index in [0.29, 0.717) is 13.1 Å². The second-order valence-electron chi connectivity index (χ2n) is 3.84. The number of hydrogen-bond acceptors (Lipinski definition) is 3. The van der Waals surface area contributed by atoms with Gasteiger partial charge in [-0.2, -0.15) is 12.7 Å². The van der Waals surface area contributed by atoms with E-state index in [1.807, 2.05) is 30.3 Å². The molecule has 2 N–H and O–H groups in total. The molecule has 0 aromatic heterocycles. The minimum absolute atomic E-state index is 0.382. The van der Waals surface area contributed by atoms with Gasteiger partial charge in [-0.15, -0.1) is 0 Å². The Labute approximate surface area is 103 Å². The Kier molecular flexibility index (Phi) is 5.57. The van der Waals surface area contributed by atoms with Crippen LogP contribution in [0.5, 0.6) is 0 Å². The maximum atomic E-state index is 11.4. The van der Waals surface area contributed by atoms with Crippen molar-refractivity contribution in [1.82, 2.24) is 14.3 Å². The third-order valence-electron chi connectivity index (χ3n) is 2.24. The van der Waals surface area contributed by atoms with E-state index in [4.69, 9.17) is 0 Å². The summed E-state index contributed by atoms with van der Waals surface area (Å²) in [6.45, 7) is 1.72. The van der Waals surface area contributed by atoms with Gasteiger partial charge in [0.15, 0.2) is 0 Å². The molecule has 1 aromatic carbocycles. The van der Waals surface area contributed by atoms with Gasteiger partial charge in [0.1, 0.15) is 0 Å². The van der Waals surface area contributed by atoms with Gasteiger partial charge in [-0.25, -0.2) is 4.72 Å². The minimum Gasteiger partial charge on any atom is -0.311 e. The van der Waals surface area contributed by atoms with Crippen molar-refractivity contribution in [2.45, 2.75) is 6.54 Å². The first kappa shape index (κ1) is 14.1. The van der Waals surface area contributed by atoms with Crippen LogP contribution in [0.1, 0.15) is 5.56 Å². The Hall–Kier alpha value is -0.950. The number of hydrogen-bond donors (Lipinski definition) is 2. The van der Waals surface area contributed by atoms with Crippen molar-refractivity contribution in [3.8, 4) is 0 Å². The van der Waals surface area contributed by atoms with Crippen LogP contribution in [-0.4, -0.2) is 39.9 Å². The Morgan fingerprint density at radius 2 is 1.76 bits per heavy atom. The standard InChI is InChI=1S/C11H19N3O2S/c1-14(2)17(15,16)13-9-8-12-10-11-6-4-3-5-7-11/h3-7,12-13H,8-10H2,1-2H3. The van der Waals surface area contributed by atoms with Crippen molar-refractivity contribution in [2.75, 3.05) is 27.2 Å². The Morgan fingerprint density at radius 3 is 2.35 bits per heavy atom. The zero-order chi connectivity index (χ0) is 12.7. The second-order valence-corrected chi connectivity index (χ2v) is 5.81. The van der Waals surface area contributed by atoms with Crippen LogP contribution in [0.2, 0.25) is 0 Å². The molecular formula is C11H19N3O2S. The van der Waals surface area contributed by atoms with Crippen LogP contribution in [0.3, 0.4) is 0 Å². The number of benzene rings is 1. The van der Waals surface area contributed by atoms with Crippen LogP contribution in [0.25, 0.3) is 0 Å². The fraction of sp³-hybridized carbons (Fsp3) is 0.455. The zero-order valence-corrected chi connectivity index (χ0v) is 11.0. The Morgan fingerprint density at radius 1 is 1.12 bits per heavy atom. The zero-order valence-electron chi connectivity index (χ0n) is 10.2. The van der Waals surface area contributed by atoms with E-state index in [0.717, 1.165) is 10.8 Å². The van der Waals surface area contributed by atoms with E-state index in [1.54, 1.807) is 0 Å². The molecule has 0 unspecified atom stereocenters. The Bertz CT molecular complexity index is 418. The lowest BCUT2D eigenvalue weighted by molar-refractivity contribution is 0.503. The molecule has 0 aliphatic carbocycles. The first-order chi connectivity index (χ1) is 8.02. The highest BCUT2D eigenvalue weighted by Crippen LogP contribution is 1.96. The van der Waals surface area contributed by atoms with Gasteiger partial charge in [0.25, 0.3) is 10.2 Å². The third kappa shape index (κ3) is 5.27. The smallest absolute Gasteiger partial charge is 0.278 e. The summed E-state index contributed by atoms with van der Waals surface area (Å²) in [5, 5.41) is 3.17. The van der Waals surface area contributed by atoms with Crippen molar-refractivity contribution in [1.29, 1.82) is 0 Å². The largest absolute Gasteiger partial charge is 0.311 e. The van der Waals surface area contributed by atoms with E-state index < -0.39 is 10.2 Å². The van der Waals surface area contributed by atoms with Gasteiger partial charge in [0.05, 0.1) is 0 Å². The highest BCUT2D eigenvalue weighted by Gasteiger charge is 2.10. The monoisotopic (exact) mass is 257 g/mol. The van der Waals surface area contributed by atoms with Crippen LogP contribution < -0.4 is 10.0 Å². The molecule has 1 rings (SSSR count). The molecular weight excluding hydrogens is 238 g/mol. The van der Waals surface area contributed by atoms with Gasteiger partial charge >= 0.3 is 0 Å². The van der Waals surface area contributed by atoms with Crippen LogP contribution in [0, 0.1) is 0 Å². The van der Waals surface area contributed by atoms with E-state index in [9.17, 15) is 8.42 Å². The maximum absolute atomic E-state index is 11.4. The average molecular weight is 257 g/mol. The SMILES string of the molecule is CN(C)S(=O)(=O)NCCNCc1ccccc1. The molecule has 0 radical (unpaired) electrons. The molecule has 0 saturated heterocycles. The third-order valence-corrected chi connectivity index (χ3v) is 3.77. The maximum Gasteiger partial charge on any atom is 0.278 e. The first-order valence-corrected chi connectivity index (χ1v) is 6.88. The van der Waals surface area contributed by atoms with Crippen LogP contribution in [0.4, 0.5) is 0 Å². The summed E-state index contributed by atoms with van der Waals surface area (Å²) in [6, 6.07) is 9.97. The molecule has 0 fully saturated rings. The summed E-state index contributed by atoms with van der Waals surface area (Å²) >= 11 is 0. The van der Waals surface area contributed by atoms with Crippen molar-refractivity contribution in [3.63, 3.8) is 0 Å². The van der Waals surface area contributed by atoms with Crippen LogP contribution >= 0.6 is 0 Å². The molecule has 0 aliphatic rings. The van der Waals surface area contributed by atoms with Gasteiger partial charge in [0, 0.05) is 33.7 Å². The van der Waals surface area contributed by atoms with Crippen LogP contribution in [0.15, 0.2) is 30.3 Å². The van der Waals surface area contributed by atoms with Crippen molar-refractivity contribution < 1.29 is 8.42 Å². The summed E-state index contributed by atoms with van der Waals surface area (Å²) in [5.41, 5.74) is 1.18. The molecule has 0 heterocycles. The van der Waals surface area contributed by atoms with Crippen LogP contribution in [-0.2, 0) is 16.8 Å². The van der Waals surface area contributed by atoms with Gasteiger partial charge in [0.2, 0.25) is 0 Å². The predicted octanol–water partition coefficient (Wildman–Crippen LogP) is 0.172. The van der Waals surface area contributed by atoms with Crippen molar-refractivity contribution in [3.05, 3.63) is 35.9 Å². The fourth-order valence-corrected chi connectivity index (χ4v) is 1.84. The lowest BCUT2D eigenvalue weighted by Gasteiger charge is -2.12.